The van der Waals surface area contributed by atoms with Gasteiger partial charge in [-0.3, -0.25) is 4.79 Å². The molecule has 2 heterocycles. The van der Waals surface area contributed by atoms with E-state index in [1.165, 1.54) is 0 Å². The van der Waals surface area contributed by atoms with Crippen molar-refractivity contribution in [1.29, 1.82) is 0 Å². The Bertz CT molecular complexity index is 1060. The molecule has 0 spiro atoms. The molecule has 0 bridgehead atoms. The lowest BCUT2D eigenvalue weighted by Gasteiger charge is -2.07. The highest BCUT2D eigenvalue weighted by Crippen LogP contribution is 2.32. The Morgan fingerprint density at radius 3 is 2.88 bits per heavy atom. The number of rotatable bonds is 5. The van der Waals surface area contributed by atoms with E-state index in [-0.39, 0.29) is 0 Å². The van der Waals surface area contributed by atoms with E-state index < -0.39 is 5.91 Å². The van der Waals surface area contributed by atoms with Gasteiger partial charge in [0.1, 0.15) is 5.76 Å². The highest BCUT2D eigenvalue weighted by Gasteiger charge is 2.17. The molecule has 5 nitrogen and oxygen atoms in total. The molecule has 0 unspecified atom stereocenters. The van der Waals surface area contributed by atoms with Gasteiger partial charge in [0, 0.05) is 23.4 Å². The molecule has 0 atom stereocenters. The normalized spacial score (nSPS) is 11.4. The second-order valence-corrected chi connectivity index (χ2v) is 5.93. The number of furan rings is 1. The van der Waals surface area contributed by atoms with Gasteiger partial charge in [-0.05, 0) is 48.0 Å². The maximum Gasteiger partial charge on any atom is 0.249 e. The van der Waals surface area contributed by atoms with Gasteiger partial charge in [0.15, 0.2) is 0 Å². The van der Waals surface area contributed by atoms with Gasteiger partial charge in [-0.2, -0.15) is 0 Å². The van der Waals surface area contributed by atoms with E-state index in [0.29, 0.717) is 18.7 Å². The van der Waals surface area contributed by atoms with Crippen LogP contribution in [0.3, 0.4) is 0 Å². The minimum Gasteiger partial charge on any atom is -0.467 e. The summed E-state index contributed by atoms with van der Waals surface area (Å²) in [4.78, 5) is 11.9. The van der Waals surface area contributed by atoms with Crippen molar-refractivity contribution < 1.29 is 13.9 Å². The Morgan fingerprint density at radius 2 is 2.16 bits per heavy atom. The number of primary amides is 1. The molecule has 25 heavy (non-hydrogen) atoms. The molecule has 1 radical (unpaired) electrons. The lowest BCUT2D eigenvalue weighted by atomic mass is 10.0. The number of carbonyl (C=O) groups is 1. The zero-order valence-electron chi connectivity index (χ0n) is 13.8. The van der Waals surface area contributed by atoms with Crippen LogP contribution in [0.4, 0.5) is 0 Å². The quantitative estimate of drug-likeness (QED) is 0.608. The molecular weight excluding hydrogens is 316 g/mol. The molecule has 4 aromatic rings. The molecule has 0 fully saturated rings. The molecule has 2 N–H and O–H groups in total. The van der Waals surface area contributed by atoms with E-state index in [0.717, 1.165) is 33.1 Å². The summed E-state index contributed by atoms with van der Waals surface area (Å²) in [7, 11) is 1.66. The van der Waals surface area contributed by atoms with Crippen molar-refractivity contribution in [2.45, 2.75) is 13.2 Å². The highest BCUT2D eigenvalue weighted by molar-refractivity contribution is 6.17. The first kappa shape index (κ1) is 15.5. The Labute approximate surface area is 144 Å². The van der Waals surface area contributed by atoms with Crippen molar-refractivity contribution in [2.24, 2.45) is 5.73 Å². The number of aromatic nitrogens is 1. The first-order chi connectivity index (χ1) is 12.2. The molecule has 2 aromatic carbocycles. The molecular formula is C20H17N2O3. The lowest BCUT2D eigenvalue weighted by Crippen LogP contribution is -2.11. The minimum atomic E-state index is -0.447. The van der Waals surface area contributed by atoms with Gasteiger partial charge in [-0.1, -0.05) is 6.07 Å². The standard InChI is InChI=1S/C20H17N2O3/c1-24-12-13-7-8-15-18(10-13)22(11-14-4-3-9-25-14)17-6-2-5-16(19(15)17)20(21)23/h2-7,9-10H,11-12H2,1H3,(H2,21,23). The summed E-state index contributed by atoms with van der Waals surface area (Å²) < 4.78 is 12.9. The first-order valence-corrected chi connectivity index (χ1v) is 7.95. The molecule has 0 aliphatic rings. The molecule has 4 rings (SSSR count). The number of carbonyl (C=O) groups excluding carboxylic acids is 1. The van der Waals surface area contributed by atoms with Gasteiger partial charge in [-0.25, -0.2) is 0 Å². The average molecular weight is 333 g/mol. The van der Waals surface area contributed by atoms with Crippen molar-refractivity contribution in [1.82, 2.24) is 4.57 Å². The molecule has 0 saturated heterocycles. The van der Waals surface area contributed by atoms with Crippen molar-refractivity contribution in [2.75, 3.05) is 7.11 Å². The summed E-state index contributed by atoms with van der Waals surface area (Å²) >= 11 is 0. The zero-order chi connectivity index (χ0) is 17.4. The lowest BCUT2D eigenvalue weighted by molar-refractivity contribution is 0.100. The van der Waals surface area contributed by atoms with E-state index in [2.05, 4.69) is 16.7 Å². The van der Waals surface area contributed by atoms with Crippen molar-refractivity contribution in [3.8, 4) is 0 Å². The van der Waals surface area contributed by atoms with Crippen LogP contribution >= 0.6 is 0 Å². The predicted octanol–water partition coefficient (Wildman–Crippen LogP) is 3.48. The number of benzene rings is 2. The summed E-state index contributed by atoms with van der Waals surface area (Å²) in [5.41, 5.74) is 8.99. The smallest absolute Gasteiger partial charge is 0.249 e. The zero-order valence-corrected chi connectivity index (χ0v) is 13.8. The number of methoxy groups -OCH3 is 1. The van der Waals surface area contributed by atoms with E-state index in [9.17, 15) is 4.79 Å². The fourth-order valence-corrected chi connectivity index (χ4v) is 3.28. The Morgan fingerprint density at radius 1 is 1.28 bits per heavy atom. The van der Waals surface area contributed by atoms with Gasteiger partial charge in [0.2, 0.25) is 5.91 Å². The molecule has 1 amide bonds. The maximum absolute atomic E-state index is 11.9. The van der Waals surface area contributed by atoms with Crippen LogP contribution in [0.5, 0.6) is 0 Å². The molecule has 0 aliphatic heterocycles. The summed E-state index contributed by atoms with van der Waals surface area (Å²) in [6.07, 6.45) is 1.65. The van der Waals surface area contributed by atoms with Gasteiger partial charge >= 0.3 is 0 Å². The second-order valence-electron chi connectivity index (χ2n) is 5.93. The highest BCUT2D eigenvalue weighted by atomic mass is 16.5. The van der Waals surface area contributed by atoms with Crippen LogP contribution in [0, 0.1) is 6.07 Å². The average Bonchev–Trinajstić information content (AvgIpc) is 3.22. The second kappa shape index (κ2) is 6.11. The van der Waals surface area contributed by atoms with Crippen LogP contribution in [-0.2, 0) is 17.9 Å². The number of amides is 1. The molecule has 0 aliphatic carbocycles. The van der Waals surface area contributed by atoms with Crippen LogP contribution in [0.15, 0.2) is 53.1 Å². The van der Waals surface area contributed by atoms with Crippen molar-refractivity contribution in [3.05, 3.63) is 71.7 Å². The topological polar surface area (TPSA) is 70.4 Å². The fourth-order valence-electron chi connectivity index (χ4n) is 3.28. The Kier molecular flexibility index (Phi) is 3.78. The number of ether oxygens (including phenoxy) is 1. The van der Waals surface area contributed by atoms with Crippen LogP contribution in [0.2, 0.25) is 0 Å². The van der Waals surface area contributed by atoms with E-state index in [1.54, 1.807) is 19.4 Å². The Hall–Kier alpha value is -3.05. The monoisotopic (exact) mass is 333 g/mol. The number of nitrogens with two attached hydrogens (primary N) is 1. The molecule has 0 saturated carbocycles. The van der Waals surface area contributed by atoms with Crippen LogP contribution < -0.4 is 5.73 Å². The molecule has 125 valence electrons. The van der Waals surface area contributed by atoms with E-state index in [1.807, 2.05) is 30.3 Å². The van der Waals surface area contributed by atoms with Crippen molar-refractivity contribution >= 4 is 27.7 Å². The van der Waals surface area contributed by atoms with Crippen molar-refractivity contribution in [3.63, 3.8) is 0 Å². The molecule has 5 heteroatoms. The van der Waals surface area contributed by atoms with Crippen LogP contribution in [0.1, 0.15) is 21.7 Å². The van der Waals surface area contributed by atoms with Gasteiger partial charge in [-0.15, -0.1) is 0 Å². The summed E-state index contributed by atoms with van der Waals surface area (Å²) in [6, 6.07) is 16.6. The Balaban J connectivity index is 2.05. The maximum atomic E-state index is 11.9. The third-order valence-electron chi connectivity index (χ3n) is 4.32. The number of fused-ring (bicyclic) bond motifs is 3. The minimum absolute atomic E-state index is 0.447. The van der Waals surface area contributed by atoms with Gasteiger partial charge < -0.3 is 19.5 Å². The summed E-state index contributed by atoms with van der Waals surface area (Å²) in [6.45, 7) is 1.05. The fraction of sp³-hybridized carbons (Fsp3) is 0.150. The summed E-state index contributed by atoms with van der Waals surface area (Å²) in [5.74, 6) is 0.387. The van der Waals surface area contributed by atoms with Gasteiger partial charge in [0.25, 0.3) is 0 Å². The SMILES string of the molecule is COCc1c[c]c2c3c(C(N)=O)cccc3n(Cc3ccco3)c2c1. The summed E-state index contributed by atoms with van der Waals surface area (Å²) in [5, 5.41) is 1.69. The van der Waals surface area contributed by atoms with Gasteiger partial charge in [0.05, 0.1) is 30.4 Å². The predicted molar refractivity (Wildman–Crippen MR) is 95.3 cm³/mol. The van der Waals surface area contributed by atoms with E-state index in [4.69, 9.17) is 14.9 Å². The largest absolute Gasteiger partial charge is 0.467 e. The van der Waals surface area contributed by atoms with Crippen LogP contribution in [0.25, 0.3) is 21.8 Å². The third kappa shape index (κ3) is 2.58. The first-order valence-electron chi connectivity index (χ1n) is 7.95. The molecule has 2 aromatic heterocycles. The van der Waals surface area contributed by atoms with E-state index >= 15 is 0 Å². The van der Waals surface area contributed by atoms with Crippen LogP contribution in [-0.4, -0.2) is 17.6 Å². The number of hydrogen-bond donors (Lipinski definition) is 1. The number of nitrogens with zero attached hydrogens (tertiary/aromatic N) is 1. The third-order valence-corrected chi connectivity index (χ3v) is 4.32. The number of hydrogen-bond acceptors (Lipinski definition) is 3.